The second kappa shape index (κ2) is 40.1. The summed E-state index contributed by atoms with van der Waals surface area (Å²) in [6.45, 7) is 4.56. The highest BCUT2D eigenvalue weighted by Crippen LogP contribution is 2.18. The summed E-state index contributed by atoms with van der Waals surface area (Å²) >= 11 is 0. The van der Waals surface area contributed by atoms with Crippen molar-refractivity contribution in [1.29, 1.82) is 0 Å². The van der Waals surface area contributed by atoms with Gasteiger partial charge in [-0.25, -0.2) is 0 Å². The molecule has 0 rings (SSSR count). The first kappa shape index (κ1) is 46.7. The van der Waals surface area contributed by atoms with Crippen LogP contribution in [0, 0.1) is 0 Å². The minimum atomic E-state index is -0.701. The molecule has 0 saturated carbocycles. The van der Waals surface area contributed by atoms with Crippen molar-refractivity contribution in [3.8, 4) is 0 Å². The number of aliphatic carboxylic acids is 1. The maximum Gasteiger partial charge on any atom is 0.306 e. The standard InChI is InChI=1S/C44H84O4/c1-3-5-7-9-11-13-15-16-17-18-19-20-21-22-24-26-28-33-37-41-44(47)48-42(39-35-31-29-32-36-40-43(45)46)38-34-30-27-25-23-14-12-10-8-6-4-2/h25,27,42H,3-24,26,28-41H2,1-2H3,(H,45,46)/b27-25-. The van der Waals surface area contributed by atoms with E-state index in [1.54, 1.807) is 0 Å². The maximum absolute atomic E-state index is 12.7. The van der Waals surface area contributed by atoms with Gasteiger partial charge >= 0.3 is 11.9 Å². The smallest absolute Gasteiger partial charge is 0.306 e. The van der Waals surface area contributed by atoms with Crippen LogP contribution in [0.2, 0.25) is 0 Å². The number of carboxylic acid groups (broad SMARTS) is 1. The number of esters is 1. The van der Waals surface area contributed by atoms with E-state index in [0.29, 0.717) is 6.42 Å². The summed E-state index contributed by atoms with van der Waals surface area (Å²) in [5.74, 6) is -0.708. The van der Waals surface area contributed by atoms with Gasteiger partial charge in [0.05, 0.1) is 0 Å². The highest BCUT2D eigenvalue weighted by Gasteiger charge is 2.14. The predicted molar refractivity (Wildman–Crippen MR) is 209 cm³/mol. The summed E-state index contributed by atoms with van der Waals surface area (Å²) < 4.78 is 6.00. The summed E-state index contributed by atoms with van der Waals surface area (Å²) in [5.41, 5.74) is 0. The van der Waals surface area contributed by atoms with E-state index < -0.39 is 5.97 Å². The van der Waals surface area contributed by atoms with Crippen LogP contribution < -0.4 is 0 Å². The van der Waals surface area contributed by atoms with Crippen LogP contribution in [-0.2, 0) is 14.3 Å². The van der Waals surface area contributed by atoms with Crippen molar-refractivity contribution in [2.75, 3.05) is 0 Å². The lowest BCUT2D eigenvalue weighted by Crippen LogP contribution is -2.18. The maximum atomic E-state index is 12.7. The van der Waals surface area contributed by atoms with Crippen LogP contribution in [0.15, 0.2) is 12.2 Å². The molecule has 48 heavy (non-hydrogen) atoms. The number of rotatable bonds is 40. The lowest BCUT2D eigenvalue weighted by molar-refractivity contribution is -0.150. The number of carbonyl (C=O) groups excluding carboxylic acids is 1. The van der Waals surface area contributed by atoms with E-state index in [1.807, 2.05) is 0 Å². The van der Waals surface area contributed by atoms with E-state index in [0.717, 1.165) is 70.6 Å². The third-order valence-corrected chi connectivity index (χ3v) is 9.99. The molecule has 0 aromatic carbocycles. The zero-order valence-corrected chi connectivity index (χ0v) is 32.6. The summed E-state index contributed by atoms with van der Waals surface area (Å²) in [4.78, 5) is 23.4. The number of hydrogen-bond donors (Lipinski definition) is 1. The van der Waals surface area contributed by atoms with Crippen LogP contribution in [0.5, 0.6) is 0 Å². The monoisotopic (exact) mass is 677 g/mol. The van der Waals surface area contributed by atoms with Gasteiger partial charge in [-0.1, -0.05) is 193 Å². The Morgan fingerprint density at radius 2 is 0.771 bits per heavy atom. The zero-order chi connectivity index (χ0) is 35.0. The number of carboxylic acids is 1. The largest absolute Gasteiger partial charge is 0.481 e. The Morgan fingerprint density at radius 1 is 0.438 bits per heavy atom. The number of unbranched alkanes of at least 4 members (excludes halogenated alkanes) is 29. The Hall–Kier alpha value is -1.32. The lowest BCUT2D eigenvalue weighted by Gasteiger charge is -2.18. The summed E-state index contributed by atoms with van der Waals surface area (Å²) in [5, 5.41) is 8.82. The molecule has 0 bridgehead atoms. The molecule has 1 N–H and O–H groups in total. The molecule has 1 unspecified atom stereocenters. The van der Waals surface area contributed by atoms with E-state index in [4.69, 9.17) is 9.84 Å². The molecule has 0 aromatic heterocycles. The summed E-state index contributed by atoms with van der Waals surface area (Å²) in [6, 6.07) is 0. The minimum Gasteiger partial charge on any atom is -0.481 e. The fraction of sp³-hybridized carbons (Fsp3) is 0.909. The fourth-order valence-corrected chi connectivity index (χ4v) is 6.77. The van der Waals surface area contributed by atoms with Gasteiger partial charge in [-0.05, 0) is 57.8 Å². The van der Waals surface area contributed by atoms with Gasteiger partial charge in [0.2, 0.25) is 0 Å². The Balaban J connectivity index is 3.92. The van der Waals surface area contributed by atoms with E-state index in [9.17, 15) is 9.59 Å². The second-order valence-corrected chi connectivity index (χ2v) is 14.9. The normalized spacial score (nSPS) is 12.2. The van der Waals surface area contributed by atoms with Gasteiger partial charge in [0.15, 0.2) is 0 Å². The van der Waals surface area contributed by atoms with Crippen LogP contribution in [-0.4, -0.2) is 23.1 Å². The van der Waals surface area contributed by atoms with Crippen molar-refractivity contribution in [2.24, 2.45) is 0 Å². The third kappa shape index (κ3) is 39.1. The molecule has 0 heterocycles. The van der Waals surface area contributed by atoms with Gasteiger partial charge in [-0.2, -0.15) is 0 Å². The number of hydrogen-bond acceptors (Lipinski definition) is 3. The fourth-order valence-electron chi connectivity index (χ4n) is 6.77. The van der Waals surface area contributed by atoms with Crippen molar-refractivity contribution in [3.63, 3.8) is 0 Å². The van der Waals surface area contributed by atoms with Gasteiger partial charge in [-0.3, -0.25) is 9.59 Å². The Bertz CT molecular complexity index is 687. The molecule has 0 fully saturated rings. The van der Waals surface area contributed by atoms with E-state index >= 15 is 0 Å². The number of allylic oxidation sites excluding steroid dienone is 2. The molecule has 0 aromatic rings. The average Bonchev–Trinajstić information content (AvgIpc) is 3.07. The van der Waals surface area contributed by atoms with Crippen LogP contribution in [0.4, 0.5) is 0 Å². The molecule has 4 heteroatoms. The van der Waals surface area contributed by atoms with E-state index in [2.05, 4.69) is 26.0 Å². The molecule has 0 amide bonds. The molecule has 0 saturated heterocycles. The van der Waals surface area contributed by atoms with Crippen LogP contribution >= 0.6 is 0 Å². The molecule has 1 atom stereocenters. The molecule has 0 aliphatic rings. The lowest BCUT2D eigenvalue weighted by atomic mass is 10.0. The van der Waals surface area contributed by atoms with Crippen molar-refractivity contribution < 1.29 is 19.4 Å². The molecule has 0 spiro atoms. The first-order valence-corrected chi connectivity index (χ1v) is 21.7. The predicted octanol–water partition coefficient (Wildman–Crippen LogP) is 15.0. The molecule has 0 aliphatic heterocycles. The molecule has 284 valence electrons. The molecule has 0 aliphatic carbocycles. The van der Waals surface area contributed by atoms with Crippen LogP contribution in [0.25, 0.3) is 0 Å². The van der Waals surface area contributed by atoms with Gasteiger partial charge in [0.1, 0.15) is 6.10 Å². The van der Waals surface area contributed by atoms with Crippen molar-refractivity contribution in [2.45, 2.75) is 258 Å². The number of ether oxygens (including phenoxy) is 1. The second-order valence-electron chi connectivity index (χ2n) is 14.9. The Kier molecular flexibility index (Phi) is 39.0. The zero-order valence-electron chi connectivity index (χ0n) is 32.6. The molecular formula is C44H84O4. The highest BCUT2D eigenvalue weighted by atomic mass is 16.5. The minimum absolute atomic E-state index is 0.00736. The van der Waals surface area contributed by atoms with Gasteiger partial charge in [-0.15, -0.1) is 0 Å². The summed E-state index contributed by atoms with van der Waals surface area (Å²) in [6.07, 6.45) is 49.6. The Labute approximate surface area is 300 Å². The molecule has 4 nitrogen and oxygen atoms in total. The Morgan fingerprint density at radius 3 is 1.21 bits per heavy atom. The van der Waals surface area contributed by atoms with Crippen molar-refractivity contribution >= 4 is 11.9 Å². The van der Waals surface area contributed by atoms with Gasteiger partial charge in [0.25, 0.3) is 0 Å². The van der Waals surface area contributed by atoms with Crippen LogP contribution in [0.3, 0.4) is 0 Å². The van der Waals surface area contributed by atoms with Gasteiger partial charge < -0.3 is 9.84 Å². The molecular weight excluding hydrogens is 592 g/mol. The first-order valence-electron chi connectivity index (χ1n) is 21.7. The topological polar surface area (TPSA) is 63.6 Å². The molecule has 0 radical (unpaired) electrons. The van der Waals surface area contributed by atoms with Crippen molar-refractivity contribution in [1.82, 2.24) is 0 Å². The van der Waals surface area contributed by atoms with E-state index in [1.165, 1.54) is 154 Å². The average molecular weight is 677 g/mol. The van der Waals surface area contributed by atoms with E-state index in [-0.39, 0.29) is 18.5 Å². The van der Waals surface area contributed by atoms with Crippen LogP contribution in [0.1, 0.15) is 251 Å². The highest BCUT2D eigenvalue weighted by molar-refractivity contribution is 5.69. The third-order valence-electron chi connectivity index (χ3n) is 9.99. The SMILES string of the molecule is CCCCCCCC/C=C\CCCC(CCCCCCCC(=O)O)OC(=O)CCCCCCCCCCCCCCCCCCCCC. The number of carbonyl (C=O) groups is 2. The van der Waals surface area contributed by atoms with Gasteiger partial charge in [0, 0.05) is 12.8 Å². The quantitative estimate of drug-likeness (QED) is 0.0398. The van der Waals surface area contributed by atoms with Crippen molar-refractivity contribution in [3.05, 3.63) is 12.2 Å². The first-order chi connectivity index (χ1) is 23.6. The summed E-state index contributed by atoms with van der Waals surface area (Å²) in [7, 11) is 0.